The van der Waals surface area contributed by atoms with Crippen LogP contribution < -0.4 is 10.9 Å². The number of halogens is 3. The third-order valence-electron chi connectivity index (χ3n) is 6.42. The molecule has 1 amide bonds. The number of aliphatic carboxylic acids is 1. The zero-order valence-corrected chi connectivity index (χ0v) is 21.2. The van der Waals surface area contributed by atoms with Crippen molar-refractivity contribution in [1.29, 1.82) is 0 Å². The van der Waals surface area contributed by atoms with Gasteiger partial charge in [0.05, 0.1) is 11.1 Å². The van der Waals surface area contributed by atoms with Gasteiger partial charge in [0.15, 0.2) is 0 Å². The molecule has 196 valence electrons. The normalized spacial score (nSPS) is 12.5. The second kappa shape index (κ2) is 10.6. The molecular formula is C28H29F3N2O4. The lowest BCUT2D eigenvalue weighted by Crippen LogP contribution is -2.42. The molecule has 0 unspecified atom stereocenters. The van der Waals surface area contributed by atoms with Gasteiger partial charge in [0.2, 0.25) is 0 Å². The van der Waals surface area contributed by atoms with Crippen molar-refractivity contribution in [2.24, 2.45) is 7.05 Å². The molecule has 37 heavy (non-hydrogen) atoms. The van der Waals surface area contributed by atoms with Crippen molar-refractivity contribution in [3.8, 4) is 11.1 Å². The predicted molar refractivity (Wildman–Crippen MR) is 135 cm³/mol. The summed E-state index contributed by atoms with van der Waals surface area (Å²) in [5, 5.41) is 12.3. The zero-order chi connectivity index (χ0) is 27.7. The van der Waals surface area contributed by atoms with Crippen LogP contribution in [-0.4, -0.2) is 27.6 Å². The van der Waals surface area contributed by atoms with E-state index in [2.05, 4.69) is 5.32 Å². The van der Waals surface area contributed by atoms with Gasteiger partial charge in [0.1, 0.15) is 6.04 Å². The van der Waals surface area contributed by atoms with E-state index in [1.165, 1.54) is 38.2 Å². The maximum absolute atomic E-state index is 13.7. The van der Waals surface area contributed by atoms with Crippen LogP contribution in [0.25, 0.3) is 11.1 Å². The standard InChI is InChI=1S/C28H29F3N2O4/c1-15(2)20-8-6-7-16(3)23(20)25(34)32-22(27(36)37)14-18-9-11-19(12-10-18)24-21(28(29,30)31)13-17(4)33(5)26(24)35/h6-13,15,22H,14H2,1-5H3,(H,32,34)(H,36,37)/t22-/m0/s1. The molecule has 0 aliphatic rings. The largest absolute Gasteiger partial charge is 0.480 e. The number of rotatable bonds is 7. The summed E-state index contributed by atoms with van der Waals surface area (Å²) >= 11 is 0. The highest BCUT2D eigenvalue weighted by Crippen LogP contribution is 2.36. The Labute approximate surface area is 212 Å². The fraction of sp³-hybridized carbons (Fsp3) is 0.321. The second-order valence-electron chi connectivity index (χ2n) is 9.40. The van der Waals surface area contributed by atoms with Gasteiger partial charge in [0.25, 0.3) is 11.5 Å². The van der Waals surface area contributed by atoms with Crippen molar-refractivity contribution >= 4 is 11.9 Å². The fourth-order valence-electron chi connectivity index (χ4n) is 4.28. The predicted octanol–water partition coefficient (Wildman–Crippen LogP) is 5.24. The third-order valence-corrected chi connectivity index (χ3v) is 6.42. The van der Waals surface area contributed by atoms with Gasteiger partial charge in [0, 0.05) is 24.7 Å². The zero-order valence-electron chi connectivity index (χ0n) is 21.2. The Kier molecular flexibility index (Phi) is 7.95. The van der Waals surface area contributed by atoms with Gasteiger partial charge in [-0.05, 0) is 48.1 Å². The molecule has 9 heteroatoms. The molecule has 0 radical (unpaired) electrons. The van der Waals surface area contributed by atoms with E-state index in [1.54, 1.807) is 13.0 Å². The van der Waals surface area contributed by atoms with E-state index in [0.717, 1.165) is 21.8 Å². The third kappa shape index (κ3) is 5.93. The van der Waals surface area contributed by atoms with Crippen LogP contribution >= 0.6 is 0 Å². The average molecular weight is 515 g/mol. The number of carbonyl (C=O) groups excluding carboxylic acids is 1. The van der Waals surface area contributed by atoms with E-state index >= 15 is 0 Å². The summed E-state index contributed by atoms with van der Waals surface area (Å²) in [4.78, 5) is 37.7. The van der Waals surface area contributed by atoms with Crippen molar-refractivity contribution in [3.05, 3.63) is 92.4 Å². The Morgan fingerprint density at radius 1 is 1.05 bits per heavy atom. The number of nitrogens with one attached hydrogen (secondary N) is 1. The number of aryl methyl sites for hydroxylation is 2. The molecule has 0 bridgehead atoms. The van der Waals surface area contributed by atoms with Crippen molar-refractivity contribution in [1.82, 2.24) is 9.88 Å². The molecule has 0 fully saturated rings. The summed E-state index contributed by atoms with van der Waals surface area (Å²) < 4.78 is 42.2. The number of benzene rings is 2. The number of alkyl halides is 3. The Morgan fingerprint density at radius 3 is 2.22 bits per heavy atom. The quantitative estimate of drug-likeness (QED) is 0.452. The first-order valence-corrected chi connectivity index (χ1v) is 11.7. The molecular weight excluding hydrogens is 485 g/mol. The highest BCUT2D eigenvalue weighted by molar-refractivity contribution is 5.99. The Bertz CT molecular complexity index is 1390. The molecule has 2 N–H and O–H groups in total. The molecule has 2 aromatic carbocycles. The lowest BCUT2D eigenvalue weighted by Gasteiger charge is -2.19. The summed E-state index contributed by atoms with van der Waals surface area (Å²) in [6.07, 6.45) is -4.82. The van der Waals surface area contributed by atoms with E-state index in [9.17, 15) is 32.7 Å². The van der Waals surface area contributed by atoms with Gasteiger partial charge in [-0.1, -0.05) is 56.3 Å². The summed E-state index contributed by atoms with van der Waals surface area (Å²) in [6.45, 7) is 7.07. The number of carbonyl (C=O) groups is 2. The fourth-order valence-corrected chi connectivity index (χ4v) is 4.28. The number of nitrogens with zero attached hydrogens (tertiary/aromatic N) is 1. The molecule has 6 nitrogen and oxygen atoms in total. The maximum atomic E-state index is 13.7. The molecule has 0 aliphatic carbocycles. The SMILES string of the molecule is Cc1cccc(C(C)C)c1C(=O)N[C@@H](Cc1ccc(-c2c(C(F)(F)F)cc(C)n(C)c2=O)cc1)C(=O)O. The van der Waals surface area contributed by atoms with Crippen LogP contribution in [0.15, 0.2) is 53.3 Å². The minimum atomic E-state index is -4.73. The molecule has 1 atom stereocenters. The number of hydrogen-bond donors (Lipinski definition) is 2. The van der Waals surface area contributed by atoms with Crippen LogP contribution in [0.3, 0.4) is 0 Å². The van der Waals surface area contributed by atoms with Crippen LogP contribution in [0.5, 0.6) is 0 Å². The van der Waals surface area contributed by atoms with Crippen LogP contribution in [0.2, 0.25) is 0 Å². The molecule has 0 spiro atoms. The number of hydrogen-bond acceptors (Lipinski definition) is 3. The minimum Gasteiger partial charge on any atom is -0.480 e. The van der Waals surface area contributed by atoms with E-state index in [1.807, 2.05) is 26.0 Å². The Hall–Kier alpha value is -3.88. The number of amides is 1. The van der Waals surface area contributed by atoms with Crippen LogP contribution in [0, 0.1) is 13.8 Å². The molecule has 0 aliphatic heterocycles. The van der Waals surface area contributed by atoms with Gasteiger partial charge in [-0.15, -0.1) is 0 Å². The highest BCUT2D eigenvalue weighted by atomic mass is 19.4. The van der Waals surface area contributed by atoms with E-state index in [4.69, 9.17) is 0 Å². The molecule has 0 saturated carbocycles. The number of carboxylic acids is 1. The first-order chi connectivity index (χ1) is 17.2. The van der Waals surface area contributed by atoms with Crippen molar-refractivity contribution in [2.45, 2.75) is 52.3 Å². The van der Waals surface area contributed by atoms with Crippen LogP contribution in [0.1, 0.15) is 58.1 Å². The first kappa shape index (κ1) is 27.7. The maximum Gasteiger partial charge on any atom is 0.417 e. The molecule has 3 aromatic rings. The van der Waals surface area contributed by atoms with E-state index in [0.29, 0.717) is 11.1 Å². The van der Waals surface area contributed by atoms with E-state index < -0.39 is 40.8 Å². The molecule has 1 aromatic heterocycles. The van der Waals surface area contributed by atoms with Gasteiger partial charge in [-0.3, -0.25) is 9.59 Å². The lowest BCUT2D eigenvalue weighted by molar-refractivity contribution is -0.139. The lowest BCUT2D eigenvalue weighted by atomic mass is 9.93. The van der Waals surface area contributed by atoms with Gasteiger partial charge in [-0.2, -0.15) is 13.2 Å². The summed E-state index contributed by atoms with van der Waals surface area (Å²) in [6, 6.07) is 10.7. The highest BCUT2D eigenvalue weighted by Gasteiger charge is 2.36. The van der Waals surface area contributed by atoms with Crippen molar-refractivity contribution in [3.63, 3.8) is 0 Å². The smallest absolute Gasteiger partial charge is 0.417 e. The monoisotopic (exact) mass is 514 g/mol. The number of aromatic nitrogens is 1. The molecule has 0 saturated heterocycles. The van der Waals surface area contributed by atoms with Gasteiger partial charge < -0.3 is 15.0 Å². The topological polar surface area (TPSA) is 88.4 Å². The summed E-state index contributed by atoms with van der Waals surface area (Å²) in [5.41, 5.74) is 0.364. The average Bonchev–Trinajstić information content (AvgIpc) is 2.81. The summed E-state index contributed by atoms with van der Waals surface area (Å²) in [7, 11) is 1.40. The minimum absolute atomic E-state index is 0.0486. The van der Waals surface area contributed by atoms with Crippen molar-refractivity contribution < 1.29 is 27.9 Å². The van der Waals surface area contributed by atoms with E-state index in [-0.39, 0.29) is 23.6 Å². The molecule has 1 heterocycles. The second-order valence-corrected chi connectivity index (χ2v) is 9.40. The van der Waals surface area contributed by atoms with Crippen LogP contribution in [0.4, 0.5) is 13.2 Å². The number of pyridine rings is 1. The summed E-state index contributed by atoms with van der Waals surface area (Å²) in [5.74, 6) is -1.71. The van der Waals surface area contributed by atoms with Crippen molar-refractivity contribution in [2.75, 3.05) is 0 Å². The number of carboxylic acid groups (broad SMARTS) is 1. The Balaban J connectivity index is 1.91. The van der Waals surface area contributed by atoms with Gasteiger partial charge in [-0.25, -0.2) is 4.79 Å². The first-order valence-electron chi connectivity index (χ1n) is 11.7. The Morgan fingerprint density at radius 2 is 1.68 bits per heavy atom. The van der Waals surface area contributed by atoms with Gasteiger partial charge >= 0.3 is 12.1 Å². The van der Waals surface area contributed by atoms with Crippen LogP contribution in [-0.2, 0) is 24.4 Å². The molecule has 3 rings (SSSR count).